The van der Waals surface area contributed by atoms with Crippen LogP contribution in [0.1, 0.15) is 30.9 Å². The lowest BCUT2D eigenvalue weighted by Gasteiger charge is -2.46. The van der Waals surface area contributed by atoms with E-state index >= 15 is 0 Å². The highest BCUT2D eigenvalue weighted by Crippen LogP contribution is 2.39. The summed E-state index contributed by atoms with van der Waals surface area (Å²) in [7, 11) is 0. The van der Waals surface area contributed by atoms with Gasteiger partial charge in [-0.05, 0) is 60.6 Å². The molecule has 30 heavy (non-hydrogen) atoms. The molecule has 0 bridgehead atoms. The molecule has 2 aliphatic heterocycles. The Balaban J connectivity index is 1.16. The Hall–Kier alpha value is -2.44. The van der Waals surface area contributed by atoms with Crippen LogP contribution in [0.15, 0.2) is 48.5 Å². The lowest BCUT2D eigenvalue weighted by atomic mass is 9.86. The Morgan fingerprint density at radius 1 is 1.23 bits per heavy atom. The molecule has 2 fully saturated rings. The van der Waals surface area contributed by atoms with Gasteiger partial charge in [-0.15, -0.1) is 0 Å². The highest BCUT2D eigenvalue weighted by atomic mass is 19.1. The van der Waals surface area contributed by atoms with Crippen molar-refractivity contribution in [2.24, 2.45) is 5.92 Å². The van der Waals surface area contributed by atoms with Crippen molar-refractivity contribution in [3.63, 3.8) is 0 Å². The molecule has 2 saturated heterocycles. The van der Waals surface area contributed by atoms with Crippen molar-refractivity contribution >= 4 is 11.7 Å². The number of carbonyl (C=O) groups excluding carboxylic acids is 1. The molecule has 2 aromatic rings. The number of likely N-dealkylation sites (tertiary alicyclic amines) is 1. The number of carbonyl (C=O) groups is 1. The van der Waals surface area contributed by atoms with E-state index in [0.717, 1.165) is 30.5 Å². The quantitative estimate of drug-likeness (QED) is 0.676. The first kappa shape index (κ1) is 20.8. The van der Waals surface area contributed by atoms with Gasteiger partial charge in [-0.2, -0.15) is 0 Å². The molecule has 2 aliphatic rings. The van der Waals surface area contributed by atoms with Crippen molar-refractivity contribution in [2.75, 3.05) is 31.6 Å². The summed E-state index contributed by atoms with van der Waals surface area (Å²) in [6, 6.07) is 14.4. The molecular weight excluding hydrogens is 383 g/mol. The summed E-state index contributed by atoms with van der Waals surface area (Å²) in [4.78, 5) is 14.3. The number of hydrogen-bond donors (Lipinski definition) is 1. The van der Waals surface area contributed by atoms with Crippen LogP contribution in [0.5, 0.6) is 0 Å². The number of urea groups is 1. The van der Waals surface area contributed by atoms with E-state index in [-0.39, 0.29) is 17.4 Å². The third-order valence-corrected chi connectivity index (χ3v) is 5.95. The Morgan fingerprint density at radius 2 is 2.03 bits per heavy atom. The van der Waals surface area contributed by atoms with Crippen LogP contribution in [0.3, 0.4) is 0 Å². The number of nitrogens with zero attached hydrogens (tertiary/aromatic N) is 1. The van der Waals surface area contributed by atoms with Gasteiger partial charge in [0.05, 0.1) is 26.3 Å². The fraction of sp³-hybridized carbons (Fsp3) is 0.458. The maximum Gasteiger partial charge on any atom is 0.322 e. The number of benzene rings is 2. The average molecular weight is 413 g/mol. The van der Waals surface area contributed by atoms with Crippen LogP contribution >= 0.6 is 0 Å². The van der Waals surface area contributed by atoms with E-state index in [1.165, 1.54) is 17.7 Å². The fourth-order valence-corrected chi connectivity index (χ4v) is 4.28. The minimum Gasteiger partial charge on any atom is -0.377 e. The monoisotopic (exact) mass is 412 g/mol. The van der Waals surface area contributed by atoms with E-state index in [1.807, 2.05) is 24.3 Å². The Kier molecular flexibility index (Phi) is 6.35. The number of hydrogen-bond acceptors (Lipinski definition) is 3. The molecule has 1 N–H and O–H groups in total. The van der Waals surface area contributed by atoms with Crippen LogP contribution in [0.4, 0.5) is 14.9 Å². The van der Waals surface area contributed by atoms with Crippen molar-refractivity contribution in [1.82, 2.24) is 4.90 Å². The predicted octanol–water partition coefficient (Wildman–Crippen LogP) is 4.62. The van der Waals surface area contributed by atoms with Crippen molar-refractivity contribution < 1.29 is 18.7 Å². The van der Waals surface area contributed by atoms with Gasteiger partial charge in [-0.25, -0.2) is 9.18 Å². The van der Waals surface area contributed by atoms with Gasteiger partial charge >= 0.3 is 6.03 Å². The maximum atomic E-state index is 13.2. The lowest BCUT2D eigenvalue weighted by molar-refractivity contribution is -0.0894. The van der Waals surface area contributed by atoms with Gasteiger partial charge < -0.3 is 19.7 Å². The van der Waals surface area contributed by atoms with Gasteiger partial charge in [-0.1, -0.05) is 31.2 Å². The molecule has 4 rings (SSSR count). The van der Waals surface area contributed by atoms with E-state index in [4.69, 9.17) is 9.47 Å². The third kappa shape index (κ3) is 4.99. The standard InChI is InChI=1S/C24H29FN2O3/c1-2-18-5-4-8-22(12-18)26-23(28)27-16-24(17-27)13-20(15-30-24)9-10-29-14-19-6-3-7-21(25)11-19/h3-8,11-12,20H,2,9-10,13-17H2,1H3,(H,26,28). The maximum absolute atomic E-state index is 13.2. The molecule has 1 atom stereocenters. The molecule has 2 amide bonds. The molecule has 2 heterocycles. The van der Waals surface area contributed by atoms with Gasteiger partial charge in [0.15, 0.2) is 0 Å². The van der Waals surface area contributed by atoms with Gasteiger partial charge in [0.2, 0.25) is 0 Å². The first-order valence-corrected chi connectivity index (χ1v) is 10.7. The summed E-state index contributed by atoms with van der Waals surface area (Å²) in [5.74, 6) is 0.197. The van der Waals surface area contributed by atoms with Crippen molar-refractivity contribution in [2.45, 2.75) is 38.4 Å². The van der Waals surface area contributed by atoms with Gasteiger partial charge in [0.1, 0.15) is 11.4 Å². The second kappa shape index (κ2) is 9.14. The zero-order valence-corrected chi connectivity index (χ0v) is 17.4. The summed E-state index contributed by atoms with van der Waals surface area (Å²) in [5.41, 5.74) is 2.69. The number of rotatable bonds is 7. The van der Waals surface area contributed by atoms with Crippen LogP contribution in [0, 0.1) is 11.7 Å². The summed E-state index contributed by atoms with van der Waals surface area (Å²) >= 11 is 0. The van der Waals surface area contributed by atoms with Crippen molar-refractivity contribution in [3.8, 4) is 0 Å². The highest BCUT2D eigenvalue weighted by Gasteiger charge is 2.51. The molecule has 1 unspecified atom stereocenters. The smallest absolute Gasteiger partial charge is 0.322 e. The van der Waals surface area contributed by atoms with E-state index in [1.54, 1.807) is 11.0 Å². The Bertz CT molecular complexity index is 882. The average Bonchev–Trinajstić information content (AvgIpc) is 3.15. The normalized spacial score (nSPS) is 19.7. The predicted molar refractivity (Wildman–Crippen MR) is 114 cm³/mol. The molecule has 5 nitrogen and oxygen atoms in total. The SMILES string of the molecule is CCc1cccc(NC(=O)N2CC3(CC(CCOCc4cccc(F)c4)CO3)C2)c1. The largest absolute Gasteiger partial charge is 0.377 e. The third-order valence-electron chi connectivity index (χ3n) is 5.95. The van der Waals surface area contributed by atoms with E-state index in [9.17, 15) is 9.18 Å². The topological polar surface area (TPSA) is 50.8 Å². The Morgan fingerprint density at radius 3 is 2.83 bits per heavy atom. The second-order valence-electron chi connectivity index (χ2n) is 8.38. The minimum atomic E-state index is -0.237. The zero-order chi connectivity index (χ0) is 21.0. The van der Waals surface area contributed by atoms with Crippen LogP contribution in [-0.2, 0) is 22.5 Å². The number of halogens is 1. The van der Waals surface area contributed by atoms with Crippen LogP contribution in [-0.4, -0.2) is 42.8 Å². The van der Waals surface area contributed by atoms with Gasteiger partial charge in [0.25, 0.3) is 0 Å². The Labute approximate surface area is 177 Å². The molecule has 2 aromatic carbocycles. The molecule has 160 valence electrons. The van der Waals surface area contributed by atoms with Gasteiger partial charge in [0, 0.05) is 12.3 Å². The summed E-state index contributed by atoms with van der Waals surface area (Å²) in [5, 5.41) is 2.98. The minimum absolute atomic E-state index is 0.0700. The molecule has 0 saturated carbocycles. The van der Waals surface area contributed by atoms with Gasteiger partial charge in [-0.3, -0.25) is 0 Å². The lowest BCUT2D eigenvalue weighted by Crippen LogP contribution is -2.64. The van der Waals surface area contributed by atoms with Crippen LogP contribution < -0.4 is 5.32 Å². The molecule has 6 heteroatoms. The summed E-state index contributed by atoms with van der Waals surface area (Å²) in [6.45, 7) is 5.11. The summed E-state index contributed by atoms with van der Waals surface area (Å²) < 4.78 is 25.0. The molecule has 0 radical (unpaired) electrons. The van der Waals surface area contributed by atoms with Crippen molar-refractivity contribution in [3.05, 3.63) is 65.5 Å². The fourth-order valence-electron chi connectivity index (χ4n) is 4.28. The first-order valence-electron chi connectivity index (χ1n) is 10.7. The molecule has 1 spiro atoms. The van der Waals surface area contributed by atoms with Crippen molar-refractivity contribution in [1.29, 1.82) is 0 Å². The number of nitrogens with one attached hydrogen (secondary N) is 1. The molecule has 0 aromatic heterocycles. The first-order chi connectivity index (χ1) is 14.5. The van der Waals surface area contributed by atoms with Crippen LogP contribution in [0.2, 0.25) is 0 Å². The van der Waals surface area contributed by atoms with E-state index < -0.39 is 0 Å². The number of ether oxygens (including phenoxy) is 2. The molecule has 0 aliphatic carbocycles. The van der Waals surface area contributed by atoms with Crippen LogP contribution in [0.25, 0.3) is 0 Å². The van der Waals surface area contributed by atoms with E-state index in [0.29, 0.717) is 38.8 Å². The highest BCUT2D eigenvalue weighted by molar-refractivity contribution is 5.90. The number of aryl methyl sites for hydroxylation is 1. The number of anilines is 1. The molecular formula is C24H29FN2O3. The number of amides is 2. The van der Waals surface area contributed by atoms with E-state index in [2.05, 4.69) is 18.3 Å². The second-order valence-corrected chi connectivity index (χ2v) is 8.38. The summed E-state index contributed by atoms with van der Waals surface area (Å²) in [6.07, 6.45) is 2.80. The zero-order valence-electron chi connectivity index (χ0n) is 17.4.